The van der Waals surface area contributed by atoms with Gasteiger partial charge in [0.1, 0.15) is 17.2 Å². The van der Waals surface area contributed by atoms with E-state index in [-0.39, 0.29) is 30.3 Å². The summed E-state index contributed by atoms with van der Waals surface area (Å²) in [4.78, 5) is 34.5. The van der Waals surface area contributed by atoms with Crippen molar-refractivity contribution >= 4 is 32.5 Å². The molecule has 0 fully saturated rings. The van der Waals surface area contributed by atoms with Gasteiger partial charge in [-0.15, -0.1) is 0 Å². The van der Waals surface area contributed by atoms with E-state index in [4.69, 9.17) is 19.7 Å². The number of benzene rings is 1. The molecule has 0 aliphatic heterocycles. The minimum atomic E-state index is -0.564. The Hall–Kier alpha value is -2.97. The lowest BCUT2D eigenvalue weighted by Crippen LogP contribution is -2.30. The number of hydrogen-bond acceptors (Lipinski definition) is 9. The number of rotatable bonds is 17. The maximum Gasteiger partial charge on any atom is 0.308 e. The van der Waals surface area contributed by atoms with Crippen LogP contribution >= 0.6 is 8.81 Å². The molecule has 228 valence electrons. The van der Waals surface area contributed by atoms with Gasteiger partial charge in [0, 0.05) is 51.2 Å². The lowest BCUT2D eigenvalue weighted by atomic mass is 9.99. The van der Waals surface area contributed by atoms with Crippen LogP contribution in [0.4, 0.5) is 11.8 Å². The second-order valence-corrected chi connectivity index (χ2v) is 12.0. The fraction of sp³-hybridized carbons (Fsp3) is 0.600. The summed E-state index contributed by atoms with van der Waals surface area (Å²) in [5.41, 5.74) is 8.37. The predicted octanol–water partition coefficient (Wildman–Crippen LogP) is 5.42. The van der Waals surface area contributed by atoms with Gasteiger partial charge in [-0.1, -0.05) is 19.8 Å². The molecule has 2 atom stereocenters. The molecule has 0 saturated carbocycles. The first-order valence-corrected chi connectivity index (χ1v) is 15.5. The first-order chi connectivity index (χ1) is 19.5. The van der Waals surface area contributed by atoms with Gasteiger partial charge < -0.3 is 30.4 Å². The molecule has 11 heteroatoms. The molecule has 0 radical (unpaired) electrons. The third kappa shape index (κ3) is 12.2. The SMILES string of the molecule is CCCC[C@@H](CC(=O)OC(C)(C)C)Nc1nc(N)nc(C)c1Cc1cc(C(=O)NCCCPOCC)ccc1OC. The highest BCUT2D eigenvalue weighted by atomic mass is 31.1. The summed E-state index contributed by atoms with van der Waals surface area (Å²) in [5.74, 6) is 0.939. The van der Waals surface area contributed by atoms with E-state index in [1.165, 1.54) is 0 Å². The number of nitrogens with one attached hydrogen (secondary N) is 2. The number of unbranched alkanes of at least 4 members (excludes halogenated alkanes) is 1. The fourth-order valence-electron chi connectivity index (χ4n) is 4.29. The van der Waals surface area contributed by atoms with Crippen LogP contribution in [0, 0.1) is 6.92 Å². The van der Waals surface area contributed by atoms with Crippen LogP contribution in [0.2, 0.25) is 0 Å². The Morgan fingerprint density at radius 3 is 2.56 bits per heavy atom. The number of methoxy groups -OCH3 is 1. The molecular formula is C30H48N5O5P. The number of carbonyl (C=O) groups is 2. The van der Waals surface area contributed by atoms with Gasteiger partial charge in [-0.2, -0.15) is 4.98 Å². The maximum atomic E-state index is 12.9. The first kappa shape index (κ1) is 34.2. The van der Waals surface area contributed by atoms with Crippen molar-refractivity contribution in [2.45, 2.75) is 91.7 Å². The summed E-state index contributed by atoms with van der Waals surface area (Å²) in [6, 6.07) is 5.20. The van der Waals surface area contributed by atoms with Crippen LogP contribution in [0.5, 0.6) is 5.75 Å². The number of nitrogens with zero attached hydrogens (tertiary/aromatic N) is 2. The number of ether oxygens (including phenoxy) is 2. The van der Waals surface area contributed by atoms with Crippen LogP contribution < -0.4 is 21.1 Å². The van der Waals surface area contributed by atoms with Crippen molar-refractivity contribution in [1.29, 1.82) is 0 Å². The first-order valence-electron chi connectivity index (χ1n) is 14.4. The van der Waals surface area contributed by atoms with Crippen molar-refractivity contribution in [1.82, 2.24) is 15.3 Å². The summed E-state index contributed by atoms with van der Waals surface area (Å²) >= 11 is 0. The average Bonchev–Trinajstić information content (AvgIpc) is 2.89. The summed E-state index contributed by atoms with van der Waals surface area (Å²) < 4.78 is 16.6. The topological polar surface area (TPSA) is 138 Å². The predicted molar refractivity (Wildman–Crippen MR) is 166 cm³/mol. The zero-order valence-electron chi connectivity index (χ0n) is 25.7. The summed E-state index contributed by atoms with van der Waals surface area (Å²) in [5, 5.41) is 6.45. The Morgan fingerprint density at radius 2 is 1.90 bits per heavy atom. The molecule has 2 aromatic rings. The largest absolute Gasteiger partial charge is 0.496 e. The molecule has 0 bridgehead atoms. The van der Waals surface area contributed by atoms with E-state index in [0.717, 1.165) is 43.0 Å². The van der Waals surface area contributed by atoms with Gasteiger partial charge in [-0.25, -0.2) is 4.98 Å². The molecule has 1 amide bonds. The molecule has 1 heterocycles. The second kappa shape index (κ2) is 17.1. The van der Waals surface area contributed by atoms with Crippen molar-refractivity contribution in [3.05, 3.63) is 40.6 Å². The minimum Gasteiger partial charge on any atom is -0.496 e. The lowest BCUT2D eigenvalue weighted by Gasteiger charge is -2.24. The summed E-state index contributed by atoms with van der Waals surface area (Å²) in [6.45, 7) is 12.8. The number of esters is 1. The molecule has 10 nitrogen and oxygen atoms in total. The van der Waals surface area contributed by atoms with Crippen LogP contribution in [0.15, 0.2) is 18.2 Å². The van der Waals surface area contributed by atoms with E-state index in [1.807, 2.05) is 40.7 Å². The van der Waals surface area contributed by atoms with Crippen molar-refractivity contribution < 1.29 is 23.6 Å². The lowest BCUT2D eigenvalue weighted by molar-refractivity contribution is -0.155. The molecule has 0 spiro atoms. The number of nitrogen functional groups attached to an aromatic ring is 1. The number of nitrogens with two attached hydrogens (primary N) is 1. The molecule has 1 aromatic carbocycles. The molecule has 2 rings (SSSR count). The fourth-order valence-corrected chi connectivity index (χ4v) is 4.96. The van der Waals surface area contributed by atoms with E-state index in [2.05, 4.69) is 27.5 Å². The average molecular weight is 590 g/mol. The van der Waals surface area contributed by atoms with E-state index in [9.17, 15) is 9.59 Å². The van der Waals surface area contributed by atoms with E-state index < -0.39 is 5.60 Å². The monoisotopic (exact) mass is 589 g/mol. The van der Waals surface area contributed by atoms with Crippen LogP contribution in [-0.4, -0.2) is 59.9 Å². The minimum absolute atomic E-state index is 0.144. The number of aryl methyl sites for hydroxylation is 1. The van der Waals surface area contributed by atoms with Crippen LogP contribution in [0.3, 0.4) is 0 Å². The Kier molecular flexibility index (Phi) is 14.3. The number of carbonyl (C=O) groups excluding carboxylic acids is 2. The maximum absolute atomic E-state index is 12.9. The van der Waals surface area contributed by atoms with Crippen LogP contribution in [0.1, 0.15) is 93.9 Å². The van der Waals surface area contributed by atoms with Crippen molar-refractivity contribution in [3.8, 4) is 5.75 Å². The van der Waals surface area contributed by atoms with E-state index in [0.29, 0.717) is 51.2 Å². The number of hydrogen-bond donors (Lipinski definition) is 3. The number of anilines is 2. The number of amides is 1. The molecule has 1 aromatic heterocycles. The Bertz CT molecular complexity index is 1140. The summed E-state index contributed by atoms with van der Waals surface area (Å²) in [7, 11) is 2.05. The standard InChI is InChI=1S/C30H48N5O5P/c1-8-10-12-23(19-26(36)40-30(4,5)6)34-27-24(20(3)33-29(31)35-27)18-22-17-21(13-14-25(22)38-7)28(37)32-15-11-16-41-39-9-2/h13-14,17,23,41H,8-12,15-16,18-19H2,1-7H3,(H,32,37)(H3,31,33,34,35)/t23-/m0/s1. The molecular weight excluding hydrogens is 541 g/mol. The summed E-state index contributed by atoms with van der Waals surface area (Å²) in [6.07, 6.45) is 5.07. The third-order valence-corrected chi connectivity index (χ3v) is 7.26. The van der Waals surface area contributed by atoms with Gasteiger partial charge in [-0.05, 0) is 77.4 Å². The zero-order chi connectivity index (χ0) is 30.4. The van der Waals surface area contributed by atoms with E-state index >= 15 is 0 Å². The Balaban J connectivity index is 2.29. The highest BCUT2D eigenvalue weighted by Gasteiger charge is 2.23. The van der Waals surface area contributed by atoms with Crippen LogP contribution in [-0.2, 0) is 20.5 Å². The second-order valence-electron chi connectivity index (χ2n) is 10.9. The van der Waals surface area contributed by atoms with Gasteiger partial charge in [0.15, 0.2) is 0 Å². The molecule has 0 aliphatic rings. The van der Waals surface area contributed by atoms with Crippen molar-refractivity contribution in [2.24, 2.45) is 0 Å². The highest BCUT2D eigenvalue weighted by Crippen LogP contribution is 2.29. The molecule has 0 aliphatic carbocycles. The van der Waals surface area contributed by atoms with Crippen molar-refractivity contribution in [2.75, 3.05) is 37.5 Å². The Labute approximate surface area is 246 Å². The zero-order valence-corrected chi connectivity index (χ0v) is 26.7. The molecule has 41 heavy (non-hydrogen) atoms. The van der Waals surface area contributed by atoms with Gasteiger partial charge in [0.25, 0.3) is 5.91 Å². The number of aromatic nitrogens is 2. The van der Waals surface area contributed by atoms with Gasteiger partial charge in [0.2, 0.25) is 5.95 Å². The van der Waals surface area contributed by atoms with Gasteiger partial charge >= 0.3 is 5.97 Å². The third-order valence-electron chi connectivity index (χ3n) is 6.21. The quantitative estimate of drug-likeness (QED) is 0.125. The molecule has 1 unspecified atom stereocenters. The normalized spacial score (nSPS) is 12.4. The van der Waals surface area contributed by atoms with Crippen LogP contribution in [0.25, 0.3) is 0 Å². The van der Waals surface area contributed by atoms with Crippen molar-refractivity contribution in [3.63, 3.8) is 0 Å². The Morgan fingerprint density at radius 1 is 1.15 bits per heavy atom. The van der Waals surface area contributed by atoms with E-state index in [1.54, 1.807) is 19.2 Å². The highest BCUT2D eigenvalue weighted by molar-refractivity contribution is 7.32. The van der Waals surface area contributed by atoms with Gasteiger partial charge in [-0.3, -0.25) is 9.59 Å². The molecule has 0 saturated heterocycles. The van der Waals surface area contributed by atoms with Gasteiger partial charge in [0.05, 0.1) is 13.5 Å². The molecule has 4 N–H and O–H groups in total. The smallest absolute Gasteiger partial charge is 0.308 e.